The molecule has 0 unspecified atom stereocenters. The summed E-state index contributed by atoms with van der Waals surface area (Å²) in [7, 11) is 1.71. The van der Waals surface area contributed by atoms with Gasteiger partial charge >= 0.3 is 0 Å². The van der Waals surface area contributed by atoms with Gasteiger partial charge in [-0.3, -0.25) is 0 Å². The Morgan fingerprint density at radius 1 is 1.24 bits per heavy atom. The molecule has 21 heavy (non-hydrogen) atoms. The molecule has 1 fully saturated rings. The molecule has 5 heteroatoms. The number of hydrogen-bond acceptors (Lipinski definition) is 5. The summed E-state index contributed by atoms with van der Waals surface area (Å²) >= 11 is 0. The summed E-state index contributed by atoms with van der Waals surface area (Å²) in [5.74, 6) is 1.05. The van der Waals surface area contributed by atoms with E-state index in [9.17, 15) is 0 Å². The van der Waals surface area contributed by atoms with Gasteiger partial charge in [0.05, 0.1) is 31.7 Å². The van der Waals surface area contributed by atoms with E-state index in [1.54, 1.807) is 7.11 Å². The molecule has 0 saturated carbocycles. The second-order valence-corrected chi connectivity index (χ2v) is 5.06. The first-order valence-corrected chi connectivity index (χ1v) is 7.33. The van der Waals surface area contributed by atoms with E-state index in [4.69, 9.17) is 9.47 Å². The fraction of sp³-hybridized carbons (Fsp3) is 0.438. The van der Waals surface area contributed by atoms with Crippen LogP contribution >= 0.6 is 0 Å². The highest BCUT2D eigenvalue weighted by Gasteiger charge is 2.16. The lowest BCUT2D eigenvalue weighted by Crippen LogP contribution is -2.36. The Hall–Kier alpha value is -1.85. The maximum Gasteiger partial charge on any atom is 0.136 e. The van der Waals surface area contributed by atoms with Crippen molar-refractivity contribution in [2.24, 2.45) is 0 Å². The maximum atomic E-state index is 5.43. The molecule has 2 aromatic rings. The van der Waals surface area contributed by atoms with Crippen LogP contribution in [0.5, 0.6) is 0 Å². The van der Waals surface area contributed by atoms with Gasteiger partial charge in [0.25, 0.3) is 0 Å². The smallest absolute Gasteiger partial charge is 0.136 e. The molecule has 0 spiro atoms. The van der Waals surface area contributed by atoms with Crippen molar-refractivity contribution in [3.05, 3.63) is 30.5 Å². The van der Waals surface area contributed by atoms with Crippen molar-refractivity contribution >= 4 is 22.3 Å². The van der Waals surface area contributed by atoms with Crippen LogP contribution in [0.25, 0.3) is 10.8 Å². The molecule has 1 saturated heterocycles. The van der Waals surface area contributed by atoms with E-state index in [2.05, 4.69) is 39.5 Å². The number of ether oxygens (including phenoxy) is 2. The van der Waals surface area contributed by atoms with Gasteiger partial charge in [-0.25, -0.2) is 4.98 Å². The number of benzene rings is 1. The molecular weight excluding hydrogens is 266 g/mol. The van der Waals surface area contributed by atoms with Crippen LogP contribution in [0.15, 0.2) is 30.5 Å². The minimum Gasteiger partial charge on any atom is -0.383 e. The molecule has 3 rings (SSSR count). The molecule has 0 radical (unpaired) electrons. The van der Waals surface area contributed by atoms with E-state index in [-0.39, 0.29) is 0 Å². The van der Waals surface area contributed by atoms with Crippen molar-refractivity contribution in [3.8, 4) is 0 Å². The molecule has 1 aliphatic heterocycles. The molecule has 1 aliphatic rings. The number of pyridine rings is 1. The minimum atomic E-state index is 0.680. The van der Waals surface area contributed by atoms with Crippen LogP contribution in [-0.4, -0.2) is 51.5 Å². The van der Waals surface area contributed by atoms with E-state index < -0.39 is 0 Å². The van der Waals surface area contributed by atoms with E-state index in [0.29, 0.717) is 6.61 Å². The van der Waals surface area contributed by atoms with E-state index in [0.717, 1.165) is 44.4 Å². The van der Waals surface area contributed by atoms with Crippen molar-refractivity contribution in [2.45, 2.75) is 0 Å². The summed E-state index contributed by atoms with van der Waals surface area (Å²) in [6.45, 7) is 4.78. The van der Waals surface area contributed by atoms with Crippen molar-refractivity contribution in [1.82, 2.24) is 4.98 Å². The third-order valence-electron chi connectivity index (χ3n) is 3.71. The monoisotopic (exact) mass is 287 g/mol. The summed E-state index contributed by atoms with van der Waals surface area (Å²) in [6.07, 6.45) is 1.92. The molecule has 0 bridgehead atoms. The number of aromatic nitrogens is 1. The lowest BCUT2D eigenvalue weighted by atomic mass is 10.1. The van der Waals surface area contributed by atoms with Crippen molar-refractivity contribution in [1.29, 1.82) is 0 Å². The van der Waals surface area contributed by atoms with Gasteiger partial charge in [-0.2, -0.15) is 0 Å². The Morgan fingerprint density at radius 3 is 2.76 bits per heavy atom. The number of fused-ring (bicyclic) bond motifs is 1. The number of nitrogens with zero attached hydrogens (tertiary/aromatic N) is 2. The Kier molecular flexibility index (Phi) is 4.52. The van der Waals surface area contributed by atoms with Gasteiger partial charge < -0.3 is 19.7 Å². The second kappa shape index (κ2) is 6.74. The Morgan fingerprint density at radius 2 is 2.00 bits per heavy atom. The van der Waals surface area contributed by atoms with Crippen molar-refractivity contribution in [2.75, 3.05) is 56.8 Å². The molecular formula is C16H21N3O2. The van der Waals surface area contributed by atoms with Gasteiger partial charge in [-0.05, 0) is 0 Å². The highest BCUT2D eigenvalue weighted by Crippen LogP contribution is 2.30. The number of hydrogen-bond donors (Lipinski definition) is 1. The van der Waals surface area contributed by atoms with Crippen LogP contribution < -0.4 is 10.2 Å². The zero-order valence-electron chi connectivity index (χ0n) is 12.3. The Bertz CT molecular complexity index is 597. The Labute approximate surface area is 124 Å². The SMILES string of the molecule is COCCNc1cnc(N2CCOCC2)c2ccccc12. The highest BCUT2D eigenvalue weighted by molar-refractivity contribution is 6.00. The molecule has 0 atom stereocenters. The summed E-state index contributed by atoms with van der Waals surface area (Å²) in [5.41, 5.74) is 1.06. The number of methoxy groups -OCH3 is 1. The molecule has 1 aromatic carbocycles. The summed E-state index contributed by atoms with van der Waals surface area (Å²) < 4.78 is 10.5. The average Bonchev–Trinajstić information content (AvgIpc) is 2.56. The highest BCUT2D eigenvalue weighted by atomic mass is 16.5. The molecule has 0 aliphatic carbocycles. The number of morpholine rings is 1. The summed E-state index contributed by atoms with van der Waals surface area (Å²) in [5, 5.41) is 5.77. The van der Waals surface area contributed by atoms with E-state index in [1.165, 1.54) is 10.8 Å². The lowest BCUT2D eigenvalue weighted by Gasteiger charge is -2.29. The number of nitrogens with one attached hydrogen (secondary N) is 1. The fourth-order valence-corrected chi connectivity index (χ4v) is 2.63. The standard InChI is InChI=1S/C16H21N3O2/c1-20-9-6-17-15-12-18-16(19-7-10-21-11-8-19)14-5-3-2-4-13(14)15/h2-5,12,17H,6-11H2,1H3. The molecule has 1 aromatic heterocycles. The van der Waals surface area contributed by atoms with Gasteiger partial charge in [0.2, 0.25) is 0 Å². The predicted molar refractivity (Wildman–Crippen MR) is 85.1 cm³/mol. The van der Waals surface area contributed by atoms with Crippen molar-refractivity contribution in [3.63, 3.8) is 0 Å². The predicted octanol–water partition coefficient (Wildman–Crippen LogP) is 2.13. The van der Waals surface area contributed by atoms with E-state index >= 15 is 0 Å². The molecule has 5 nitrogen and oxygen atoms in total. The van der Waals surface area contributed by atoms with Gasteiger partial charge in [-0.15, -0.1) is 0 Å². The summed E-state index contributed by atoms with van der Waals surface area (Å²) in [6, 6.07) is 8.39. The molecule has 2 heterocycles. The van der Waals surface area contributed by atoms with Gasteiger partial charge in [0, 0.05) is 37.5 Å². The van der Waals surface area contributed by atoms with Crippen LogP contribution in [0, 0.1) is 0 Å². The number of rotatable bonds is 5. The zero-order chi connectivity index (χ0) is 14.5. The van der Waals surface area contributed by atoms with Gasteiger partial charge in [-0.1, -0.05) is 24.3 Å². The average molecular weight is 287 g/mol. The first kappa shape index (κ1) is 14.1. The first-order chi connectivity index (χ1) is 10.4. The minimum absolute atomic E-state index is 0.680. The third-order valence-corrected chi connectivity index (χ3v) is 3.71. The van der Waals surface area contributed by atoms with Crippen LogP contribution in [-0.2, 0) is 9.47 Å². The van der Waals surface area contributed by atoms with E-state index in [1.807, 2.05) is 6.20 Å². The Balaban J connectivity index is 1.93. The lowest BCUT2D eigenvalue weighted by molar-refractivity contribution is 0.122. The normalized spacial score (nSPS) is 15.4. The number of anilines is 2. The van der Waals surface area contributed by atoms with Crippen LogP contribution in [0.4, 0.5) is 11.5 Å². The largest absolute Gasteiger partial charge is 0.383 e. The van der Waals surface area contributed by atoms with Crippen LogP contribution in [0.1, 0.15) is 0 Å². The van der Waals surface area contributed by atoms with Gasteiger partial charge in [0.1, 0.15) is 5.82 Å². The van der Waals surface area contributed by atoms with Crippen molar-refractivity contribution < 1.29 is 9.47 Å². The maximum absolute atomic E-state index is 5.43. The topological polar surface area (TPSA) is 46.6 Å². The quantitative estimate of drug-likeness (QED) is 0.854. The van der Waals surface area contributed by atoms with Crippen LogP contribution in [0.3, 0.4) is 0 Å². The van der Waals surface area contributed by atoms with Crippen LogP contribution in [0.2, 0.25) is 0 Å². The molecule has 1 N–H and O–H groups in total. The second-order valence-electron chi connectivity index (χ2n) is 5.06. The third kappa shape index (κ3) is 3.09. The molecule has 0 amide bonds. The zero-order valence-corrected chi connectivity index (χ0v) is 12.3. The molecule has 112 valence electrons. The summed E-state index contributed by atoms with van der Waals surface area (Å²) in [4.78, 5) is 6.97. The van der Waals surface area contributed by atoms with Gasteiger partial charge in [0.15, 0.2) is 0 Å². The fourth-order valence-electron chi connectivity index (χ4n) is 2.63. The first-order valence-electron chi connectivity index (χ1n) is 7.33.